The number of rotatable bonds is 3. The van der Waals surface area contributed by atoms with Crippen LogP contribution in [0.25, 0.3) is 0 Å². The van der Waals surface area contributed by atoms with E-state index in [9.17, 15) is 18.0 Å². The van der Waals surface area contributed by atoms with E-state index in [0.717, 1.165) is 18.1 Å². The van der Waals surface area contributed by atoms with E-state index in [4.69, 9.17) is 0 Å². The Balaban J connectivity index is 1.38. The first-order valence-electron chi connectivity index (χ1n) is 9.52. The van der Waals surface area contributed by atoms with Gasteiger partial charge in [-0.05, 0) is 50.1 Å². The van der Waals surface area contributed by atoms with E-state index >= 15 is 0 Å². The molecule has 0 spiro atoms. The van der Waals surface area contributed by atoms with Gasteiger partial charge >= 0.3 is 6.18 Å². The molecule has 2 aromatic rings. The Hall–Kier alpha value is -2.02. The smallest absolute Gasteiger partial charge is 0.368 e. The van der Waals surface area contributed by atoms with E-state index in [1.807, 2.05) is 16.7 Å². The number of halogens is 3. The molecular weight excluding hydrogens is 385 g/mol. The second-order valence-electron chi connectivity index (χ2n) is 7.71. The van der Waals surface area contributed by atoms with E-state index in [1.165, 1.54) is 21.9 Å². The fourth-order valence-corrected chi connectivity index (χ4v) is 5.02. The fourth-order valence-electron chi connectivity index (χ4n) is 3.96. The van der Waals surface area contributed by atoms with Crippen LogP contribution in [0, 0.1) is 19.8 Å². The van der Waals surface area contributed by atoms with Crippen LogP contribution in [-0.4, -0.2) is 37.0 Å². The summed E-state index contributed by atoms with van der Waals surface area (Å²) < 4.78 is 39.1. The lowest BCUT2D eigenvalue weighted by molar-refractivity contribution is -0.137. The molecule has 0 N–H and O–H groups in total. The summed E-state index contributed by atoms with van der Waals surface area (Å²) in [4.78, 5) is 19.2. The lowest BCUT2D eigenvalue weighted by Crippen LogP contribution is -2.49. The fraction of sp³-hybridized carbons (Fsp3) is 0.476. The molecule has 2 heterocycles. The van der Waals surface area contributed by atoms with Crippen LogP contribution in [0.5, 0.6) is 0 Å². The van der Waals surface area contributed by atoms with Crippen LogP contribution in [-0.2, 0) is 11.0 Å². The van der Waals surface area contributed by atoms with Gasteiger partial charge in [-0.15, -0.1) is 11.3 Å². The molecule has 4 rings (SSSR count). The van der Waals surface area contributed by atoms with Crippen molar-refractivity contribution in [3.8, 4) is 0 Å². The van der Waals surface area contributed by atoms with Gasteiger partial charge in [-0.3, -0.25) is 4.79 Å². The number of carbonyl (C=O) groups is 1. The van der Waals surface area contributed by atoms with Crippen LogP contribution in [0.4, 0.5) is 18.9 Å². The molecule has 3 nitrogen and oxygen atoms in total. The summed E-state index contributed by atoms with van der Waals surface area (Å²) in [5.74, 6) is 0.603. The van der Waals surface area contributed by atoms with E-state index in [2.05, 4.69) is 19.1 Å². The van der Waals surface area contributed by atoms with Gasteiger partial charge in [-0.2, -0.15) is 13.2 Å². The number of nitrogens with zero attached hydrogens (tertiary/aromatic N) is 2. The monoisotopic (exact) mass is 408 g/mol. The SMILES string of the molecule is Cc1ccc([C@@H]2CC2C(=O)N2CCN(c3cc(C(F)(F)F)ccc3C)CC2)s1. The molecular formula is C21H23F3N2OS. The number of benzene rings is 1. The van der Waals surface area contributed by atoms with Crippen LogP contribution in [0.2, 0.25) is 0 Å². The van der Waals surface area contributed by atoms with Gasteiger partial charge in [0.05, 0.1) is 5.56 Å². The molecule has 2 fully saturated rings. The quantitative estimate of drug-likeness (QED) is 0.726. The minimum atomic E-state index is -4.35. The second-order valence-corrected chi connectivity index (χ2v) is 9.03. The summed E-state index contributed by atoms with van der Waals surface area (Å²) >= 11 is 1.76. The maximum absolute atomic E-state index is 13.0. The third-order valence-electron chi connectivity index (χ3n) is 5.70. The van der Waals surface area contributed by atoms with E-state index in [-0.39, 0.29) is 11.8 Å². The summed E-state index contributed by atoms with van der Waals surface area (Å²) in [6.45, 7) is 6.13. The van der Waals surface area contributed by atoms with Crippen LogP contribution in [0.3, 0.4) is 0 Å². The maximum atomic E-state index is 13.0. The van der Waals surface area contributed by atoms with Crippen molar-refractivity contribution in [2.45, 2.75) is 32.4 Å². The molecule has 0 bridgehead atoms. The molecule has 28 heavy (non-hydrogen) atoms. The lowest BCUT2D eigenvalue weighted by atomic mass is 10.1. The normalized spacial score (nSPS) is 22.5. The largest absolute Gasteiger partial charge is 0.416 e. The maximum Gasteiger partial charge on any atom is 0.416 e. The highest BCUT2D eigenvalue weighted by molar-refractivity contribution is 7.12. The molecule has 1 aromatic heterocycles. The third kappa shape index (κ3) is 3.77. The zero-order valence-corrected chi connectivity index (χ0v) is 16.7. The zero-order valence-electron chi connectivity index (χ0n) is 15.9. The number of amides is 1. The number of aryl methyl sites for hydroxylation is 2. The van der Waals surface area contributed by atoms with Crippen molar-refractivity contribution in [2.24, 2.45) is 5.92 Å². The van der Waals surface area contributed by atoms with Crippen LogP contribution in [0.1, 0.15) is 33.2 Å². The Kier molecular flexibility index (Phi) is 4.89. The number of anilines is 1. The molecule has 2 aliphatic rings. The average Bonchev–Trinajstić information content (AvgIpc) is 3.34. The predicted octanol–water partition coefficient (Wildman–Crippen LogP) is 4.84. The van der Waals surface area contributed by atoms with Crippen molar-refractivity contribution in [2.75, 3.05) is 31.1 Å². The van der Waals surface area contributed by atoms with Gasteiger partial charge < -0.3 is 9.80 Å². The Morgan fingerprint density at radius 2 is 1.79 bits per heavy atom. The van der Waals surface area contributed by atoms with E-state index < -0.39 is 11.7 Å². The molecule has 1 aliphatic carbocycles. The molecule has 0 radical (unpaired) electrons. The van der Waals surface area contributed by atoms with Gasteiger partial charge in [0.15, 0.2) is 0 Å². The molecule has 1 saturated heterocycles. The van der Waals surface area contributed by atoms with Crippen LogP contribution in [0.15, 0.2) is 30.3 Å². The summed E-state index contributed by atoms with van der Waals surface area (Å²) in [6, 6.07) is 8.08. The van der Waals surface area contributed by atoms with Gasteiger partial charge in [0.25, 0.3) is 0 Å². The number of alkyl halides is 3. The number of hydrogen-bond acceptors (Lipinski definition) is 3. The number of thiophene rings is 1. The minimum Gasteiger partial charge on any atom is -0.368 e. The van der Waals surface area contributed by atoms with Gasteiger partial charge in [-0.25, -0.2) is 0 Å². The van der Waals surface area contributed by atoms with E-state index in [0.29, 0.717) is 37.8 Å². The van der Waals surface area contributed by atoms with Gasteiger partial charge in [0, 0.05) is 53.5 Å². The third-order valence-corrected chi connectivity index (χ3v) is 6.84. The highest BCUT2D eigenvalue weighted by Crippen LogP contribution is 2.50. The standard InChI is InChI=1S/C21H23F3N2OS/c1-13-3-5-15(21(22,23)24)11-18(13)25-7-9-26(10-8-25)20(27)17-12-16(17)19-6-4-14(2)28-19/h3-6,11,16-17H,7-10,12H2,1-2H3/t16-,17?/m1/s1. The zero-order chi connectivity index (χ0) is 20.1. The summed E-state index contributed by atoms with van der Waals surface area (Å²) in [5.41, 5.74) is 0.807. The van der Waals surface area contributed by atoms with Crippen molar-refractivity contribution < 1.29 is 18.0 Å². The first kappa shape index (κ1) is 19.3. The van der Waals surface area contributed by atoms with Crippen LogP contribution >= 0.6 is 11.3 Å². The Morgan fingerprint density at radius 3 is 2.39 bits per heavy atom. The topological polar surface area (TPSA) is 23.6 Å². The minimum absolute atomic E-state index is 0.0693. The number of hydrogen-bond donors (Lipinski definition) is 0. The first-order chi connectivity index (χ1) is 13.2. The van der Waals surface area contributed by atoms with Gasteiger partial charge in [0.1, 0.15) is 0 Å². The molecule has 2 atom stereocenters. The Labute approximate surface area is 166 Å². The molecule has 1 aromatic carbocycles. The predicted molar refractivity (Wildman–Crippen MR) is 105 cm³/mol. The van der Waals surface area contributed by atoms with Gasteiger partial charge in [-0.1, -0.05) is 6.07 Å². The van der Waals surface area contributed by atoms with E-state index in [1.54, 1.807) is 11.3 Å². The summed E-state index contributed by atoms with van der Waals surface area (Å²) in [6.07, 6.45) is -3.44. The Morgan fingerprint density at radius 1 is 1.07 bits per heavy atom. The highest BCUT2D eigenvalue weighted by Gasteiger charge is 2.46. The highest BCUT2D eigenvalue weighted by atomic mass is 32.1. The molecule has 150 valence electrons. The lowest BCUT2D eigenvalue weighted by Gasteiger charge is -2.37. The van der Waals surface area contributed by atoms with Crippen molar-refractivity contribution in [1.29, 1.82) is 0 Å². The first-order valence-corrected chi connectivity index (χ1v) is 10.3. The molecule has 1 saturated carbocycles. The second kappa shape index (κ2) is 7.10. The van der Waals surface area contributed by atoms with Crippen molar-refractivity contribution in [1.82, 2.24) is 4.90 Å². The summed E-state index contributed by atoms with van der Waals surface area (Å²) in [5, 5.41) is 0. The summed E-state index contributed by atoms with van der Waals surface area (Å²) in [7, 11) is 0. The number of piperazine rings is 1. The van der Waals surface area contributed by atoms with Crippen molar-refractivity contribution in [3.63, 3.8) is 0 Å². The average molecular weight is 408 g/mol. The van der Waals surface area contributed by atoms with Crippen molar-refractivity contribution in [3.05, 3.63) is 51.2 Å². The Bertz CT molecular complexity index is 884. The van der Waals surface area contributed by atoms with Gasteiger partial charge in [0.2, 0.25) is 5.91 Å². The molecule has 7 heteroatoms. The molecule has 1 aliphatic heterocycles. The van der Waals surface area contributed by atoms with Crippen LogP contribution < -0.4 is 4.90 Å². The van der Waals surface area contributed by atoms with Crippen molar-refractivity contribution >= 4 is 22.9 Å². The molecule has 1 amide bonds. The molecule has 1 unspecified atom stereocenters. The number of carbonyl (C=O) groups excluding carboxylic acids is 1.